The van der Waals surface area contributed by atoms with Crippen LogP contribution in [0.4, 0.5) is 8.78 Å². The predicted molar refractivity (Wildman–Crippen MR) is 72.4 cm³/mol. The lowest BCUT2D eigenvalue weighted by molar-refractivity contribution is -0.129. The second kappa shape index (κ2) is 5.27. The van der Waals surface area contributed by atoms with Crippen LogP contribution in [0, 0.1) is 18.6 Å². The minimum atomic E-state index is -0.610. The molecular weight excluding hydrogens is 276 g/mol. The Bertz CT molecular complexity index is 663. The Morgan fingerprint density at radius 2 is 2.00 bits per heavy atom. The number of aromatic nitrogens is 2. The second-order valence-corrected chi connectivity index (χ2v) is 5.31. The second-order valence-electron chi connectivity index (χ2n) is 5.31. The molecule has 1 aromatic carbocycles. The van der Waals surface area contributed by atoms with E-state index in [-0.39, 0.29) is 18.2 Å². The molecule has 4 nitrogen and oxygen atoms in total. The fraction of sp³-hybridized carbons (Fsp3) is 0.333. The molecule has 21 heavy (non-hydrogen) atoms. The Balaban J connectivity index is 1.76. The molecule has 1 aromatic heterocycles. The maximum atomic E-state index is 13.3. The van der Waals surface area contributed by atoms with Crippen molar-refractivity contribution in [2.75, 3.05) is 6.54 Å². The van der Waals surface area contributed by atoms with E-state index in [0.717, 1.165) is 11.9 Å². The maximum absolute atomic E-state index is 13.3. The molecule has 0 aliphatic carbocycles. The minimum Gasteiger partial charge on any atom is -0.324 e. The van der Waals surface area contributed by atoms with E-state index in [1.54, 1.807) is 17.3 Å². The number of imidazole rings is 1. The molecule has 0 saturated carbocycles. The van der Waals surface area contributed by atoms with Crippen LogP contribution in [0.1, 0.15) is 23.7 Å². The summed E-state index contributed by atoms with van der Waals surface area (Å²) in [7, 11) is 0. The zero-order chi connectivity index (χ0) is 15.0. The Morgan fingerprint density at radius 3 is 2.62 bits per heavy atom. The van der Waals surface area contributed by atoms with Gasteiger partial charge in [-0.1, -0.05) is 0 Å². The lowest BCUT2D eigenvalue weighted by Gasteiger charge is -2.18. The largest absolute Gasteiger partial charge is 0.324 e. The van der Waals surface area contributed by atoms with Gasteiger partial charge in [0.25, 0.3) is 0 Å². The summed E-state index contributed by atoms with van der Waals surface area (Å²) in [5.74, 6) is -0.588. The number of halogens is 2. The molecule has 110 valence electrons. The molecule has 1 aliphatic heterocycles. The number of amides is 1. The van der Waals surface area contributed by atoms with Gasteiger partial charge in [-0.25, -0.2) is 13.8 Å². The first kappa shape index (κ1) is 13.7. The summed E-state index contributed by atoms with van der Waals surface area (Å²) >= 11 is 0. The van der Waals surface area contributed by atoms with Crippen LogP contribution < -0.4 is 0 Å². The highest BCUT2D eigenvalue weighted by atomic mass is 19.1. The van der Waals surface area contributed by atoms with Gasteiger partial charge in [-0.3, -0.25) is 4.79 Å². The molecular formula is C15H15F2N3O. The molecule has 0 spiro atoms. The summed E-state index contributed by atoms with van der Waals surface area (Å²) in [6.45, 7) is 2.73. The number of hydrogen-bond donors (Lipinski definition) is 0. The summed E-state index contributed by atoms with van der Waals surface area (Å²) in [4.78, 5) is 17.9. The van der Waals surface area contributed by atoms with Crippen LogP contribution in [0.3, 0.4) is 0 Å². The number of aryl methyl sites for hydroxylation is 1. The molecule has 1 atom stereocenters. The van der Waals surface area contributed by atoms with E-state index in [9.17, 15) is 13.6 Å². The topological polar surface area (TPSA) is 38.1 Å². The molecule has 0 N–H and O–H groups in total. The van der Waals surface area contributed by atoms with E-state index >= 15 is 0 Å². The van der Waals surface area contributed by atoms with Crippen molar-refractivity contribution in [3.63, 3.8) is 0 Å². The van der Waals surface area contributed by atoms with Crippen molar-refractivity contribution in [2.45, 2.75) is 25.9 Å². The molecule has 1 fully saturated rings. The first-order valence-electron chi connectivity index (χ1n) is 6.74. The monoisotopic (exact) mass is 291 g/mol. The Hall–Kier alpha value is -2.24. The third kappa shape index (κ3) is 2.79. The quantitative estimate of drug-likeness (QED) is 0.871. The van der Waals surface area contributed by atoms with Gasteiger partial charge in [0.05, 0.1) is 6.67 Å². The molecule has 2 heterocycles. The Kier molecular flexibility index (Phi) is 3.45. The van der Waals surface area contributed by atoms with Crippen LogP contribution in [-0.2, 0) is 11.5 Å². The number of carbonyl (C=O) groups excluding carboxylic acids is 1. The molecule has 1 unspecified atom stereocenters. The molecule has 0 bridgehead atoms. The van der Waals surface area contributed by atoms with Gasteiger partial charge in [0, 0.05) is 37.3 Å². The third-order valence-electron chi connectivity index (χ3n) is 3.82. The lowest BCUT2D eigenvalue weighted by Crippen LogP contribution is -2.28. The molecule has 1 aliphatic rings. The number of hydrogen-bond acceptors (Lipinski definition) is 2. The molecule has 1 saturated heterocycles. The first-order valence-corrected chi connectivity index (χ1v) is 6.74. The van der Waals surface area contributed by atoms with E-state index in [2.05, 4.69) is 4.98 Å². The summed E-state index contributed by atoms with van der Waals surface area (Å²) in [6, 6.07) is 3.44. The van der Waals surface area contributed by atoms with Crippen molar-refractivity contribution >= 4 is 5.91 Å². The van der Waals surface area contributed by atoms with Gasteiger partial charge in [0.1, 0.15) is 17.5 Å². The van der Waals surface area contributed by atoms with E-state index in [1.165, 1.54) is 12.1 Å². The zero-order valence-electron chi connectivity index (χ0n) is 11.6. The molecule has 6 heteroatoms. The standard InChI is InChI=1S/C15H15F2N3O/c1-10-18-2-3-19(10)9-20-8-12(6-15(20)21)11-4-13(16)7-14(17)5-11/h2-5,7,12H,6,8-9H2,1H3. The Labute approximate surface area is 121 Å². The third-order valence-corrected chi connectivity index (χ3v) is 3.82. The van der Waals surface area contributed by atoms with Crippen LogP contribution in [0.5, 0.6) is 0 Å². The van der Waals surface area contributed by atoms with E-state index in [1.807, 2.05) is 11.5 Å². The average Bonchev–Trinajstić information content (AvgIpc) is 2.97. The van der Waals surface area contributed by atoms with Crippen LogP contribution in [0.15, 0.2) is 30.6 Å². The number of carbonyl (C=O) groups is 1. The molecule has 0 radical (unpaired) electrons. The fourth-order valence-electron chi connectivity index (χ4n) is 2.68. The fourth-order valence-corrected chi connectivity index (χ4v) is 2.68. The van der Waals surface area contributed by atoms with Gasteiger partial charge in [0.2, 0.25) is 5.91 Å². The smallest absolute Gasteiger partial charge is 0.224 e. The van der Waals surface area contributed by atoms with Crippen LogP contribution in [-0.4, -0.2) is 26.9 Å². The molecule has 3 rings (SSSR count). The highest BCUT2D eigenvalue weighted by Gasteiger charge is 2.31. The van der Waals surface area contributed by atoms with E-state index in [0.29, 0.717) is 18.8 Å². The van der Waals surface area contributed by atoms with Crippen molar-refractivity contribution in [2.24, 2.45) is 0 Å². The molecule has 2 aromatic rings. The first-order chi connectivity index (χ1) is 10.0. The van der Waals surface area contributed by atoms with Gasteiger partial charge in [-0.2, -0.15) is 0 Å². The van der Waals surface area contributed by atoms with Gasteiger partial charge in [0.15, 0.2) is 0 Å². The summed E-state index contributed by atoms with van der Waals surface area (Å²) in [6.07, 6.45) is 3.75. The minimum absolute atomic E-state index is 0.0160. The van der Waals surface area contributed by atoms with Crippen molar-refractivity contribution in [3.8, 4) is 0 Å². The number of rotatable bonds is 3. The highest BCUT2D eigenvalue weighted by Crippen LogP contribution is 2.29. The number of likely N-dealkylation sites (tertiary alicyclic amines) is 1. The van der Waals surface area contributed by atoms with Gasteiger partial charge in [-0.15, -0.1) is 0 Å². The van der Waals surface area contributed by atoms with E-state index < -0.39 is 11.6 Å². The summed E-state index contributed by atoms with van der Waals surface area (Å²) in [5, 5.41) is 0. The van der Waals surface area contributed by atoms with Crippen molar-refractivity contribution in [1.82, 2.24) is 14.5 Å². The highest BCUT2D eigenvalue weighted by molar-refractivity contribution is 5.79. The average molecular weight is 291 g/mol. The molecule has 1 amide bonds. The summed E-state index contributed by atoms with van der Waals surface area (Å²) < 4.78 is 28.4. The number of nitrogens with zero attached hydrogens (tertiary/aromatic N) is 3. The zero-order valence-corrected chi connectivity index (χ0v) is 11.6. The normalized spacial score (nSPS) is 18.5. The van der Waals surface area contributed by atoms with Crippen LogP contribution >= 0.6 is 0 Å². The number of benzene rings is 1. The lowest BCUT2D eigenvalue weighted by atomic mass is 9.98. The van der Waals surface area contributed by atoms with Crippen molar-refractivity contribution in [3.05, 3.63) is 53.6 Å². The summed E-state index contributed by atoms with van der Waals surface area (Å²) in [5.41, 5.74) is 0.533. The van der Waals surface area contributed by atoms with Gasteiger partial charge < -0.3 is 9.47 Å². The SMILES string of the molecule is Cc1nccn1CN1CC(c2cc(F)cc(F)c2)CC1=O. The van der Waals surface area contributed by atoms with Crippen LogP contribution in [0.2, 0.25) is 0 Å². The Morgan fingerprint density at radius 1 is 1.29 bits per heavy atom. The predicted octanol–water partition coefficient (Wildman–Crippen LogP) is 2.44. The van der Waals surface area contributed by atoms with Gasteiger partial charge >= 0.3 is 0 Å². The van der Waals surface area contributed by atoms with E-state index in [4.69, 9.17) is 0 Å². The van der Waals surface area contributed by atoms with Crippen LogP contribution in [0.25, 0.3) is 0 Å². The maximum Gasteiger partial charge on any atom is 0.224 e. The van der Waals surface area contributed by atoms with Crippen molar-refractivity contribution in [1.29, 1.82) is 0 Å². The van der Waals surface area contributed by atoms with Gasteiger partial charge in [-0.05, 0) is 24.6 Å². The van der Waals surface area contributed by atoms with Crippen molar-refractivity contribution < 1.29 is 13.6 Å².